The van der Waals surface area contributed by atoms with E-state index in [-0.39, 0.29) is 11.4 Å². The minimum Gasteiger partial charge on any atom is -0.507 e. The van der Waals surface area contributed by atoms with E-state index in [2.05, 4.69) is 9.97 Å². The van der Waals surface area contributed by atoms with Crippen molar-refractivity contribution in [1.82, 2.24) is 9.97 Å². The molecule has 0 spiro atoms. The van der Waals surface area contributed by atoms with Gasteiger partial charge < -0.3 is 5.11 Å². The summed E-state index contributed by atoms with van der Waals surface area (Å²) in [7, 11) is 0. The van der Waals surface area contributed by atoms with E-state index in [4.69, 9.17) is 0 Å². The van der Waals surface area contributed by atoms with Crippen molar-refractivity contribution in [1.29, 1.82) is 0 Å². The Kier molecular flexibility index (Phi) is 3.49. The first-order valence-electron chi connectivity index (χ1n) is 6.50. The highest BCUT2D eigenvalue weighted by Gasteiger charge is 2.09. The molecular weight excluding hydrogens is 282 g/mol. The van der Waals surface area contributed by atoms with Gasteiger partial charge in [-0.25, -0.2) is 9.97 Å². The lowest BCUT2D eigenvalue weighted by Gasteiger charge is -2.03. The molecule has 6 nitrogen and oxygen atoms in total. The summed E-state index contributed by atoms with van der Waals surface area (Å²) in [5.41, 5.74) is 1.59. The number of aliphatic hydroxyl groups excluding tert-OH is 1. The molecule has 0 saturated heterocycles. The molecule has 3 aromatic rings. The van der Waals surface area contributed by atoms with Gasteiger partial charge in [0.25, 0.3) is 5.69 Å². The van der Waals surface area contributed by atoms with Crippen molar-refractivity contribution in [2.45, 2.75) is 0 Å². The Bertz CT molecular complexity index is 885. The van der Waals surface area contributed by atoms with Crippen LogP contribution in [0.2, 0.25) is 0 Å². The van der Waals surface area contributed by atoms with Crippen LogP contribution in [0.5, 0.6) is 0 Å². The number of aromatic nitrogens is 2. The van der Waals surface area contributed by atoms with E-state index in [0.29, 0.717) is 11.3 Å². The van der Waals surface area contributed by atoms with E-state index < -0.39 is 4.92 Å². The third-order valence-corrected chi connectivity index (χ3v) is 3.20. The predicted molar refractivity (Wildman–Crippen MR) is 83.1 cm³/mol. The Morgan fingerprint density at radius 2 is 1.95 bits per heavy atom. The minimum absolute atomic E-state index is 0.0787. The van der Waals surface area contributed by atoms with Gasteiger partial charge in [-0.15, -0.1) is 0 Å². The van der Waals surface area contributed by atoms with Crippen molar-refractivity contribution < 1.29 is 10.0 Å². The number of hydrogen-bond acceptors (Lipinski definition) is 5. The number of non-ortho nitro benzene ring substituents is 1. The van der Waals surface area contributed by atoms with E-state index in [0.717, 1.165) is 10.9 Å². The molecule has 0 aliphatic rings. The SMILES string of the molecule is O=[N+]([O-])c1cccc(C(O)=Cc2ncnc3ccccc23)c1. The highest BCUT2D eigenvalue weighted by Crippen LogP contribution is 2.22. The lowest BCUT2D eigenvalue weighted by Crippen LogP contribution is -1.91. The topological polar surface area (TPSA) is 89.2 Å². The molecule has 0 bridgehead atoms. The molecule has 1 aromatic heterocycles. The van der Waals surface area contributed by atoms with Gasteiger partial charge in [-0.05, 0) is 6.07 Å². The number of nitro groups is 1. The van der Waals surface area contributed by atoms with Gasteiger partial charge in [-0.1, -0.05) is 30.3 Å². The molecule has 0 aliphatic carbocycles. The number of fused-ring (bicyclic) bond motifs is 1. The zero-order valence-electron chi connectivity index (χ0n) is 11.4. The summed E-state index contributed by atoms with van der Waals surface area (Å²) in [6.45, 7) is 0. The Morgan fingerprint density at radius 1 is 1.14 bits per heavy atom. The van der Waals surface area contributed by atoms with Crippen LogP contribution in [-0.2, 0) is 0 Å². The fourth-order valence-electron chi connectivity index (χ4n) is 2.13. The maximum absolute atomic E-state index is 10.8. The summed E-state index contributed by atoms with van der Waals surface area (Å²) in [5.74, 6) is -0.0902. The Hall–Kier alpha value is -3.28. The predicted octanol–water partition coefficient (Wildman–Crippen LogP) is 3.59. The van der Waals surface area contributed by atoms with Crippen LogP contribution in [0.3, 0.4) is 0 Å². The highest BCUT2D eigenvalue weighted by molar-refractivity contribution is 5.90. The van der Waals surface area contributed by atoms with Crippen molar-refractivity contribution in [3.8, 4) is 0 Å². The van der Waals surface area contributed by atoms with Crippen LogP contribution in [0.25, 0.3) is 22.7 Å². The van der Waals surface area contributed by atoms with Gasteiger partial charge in [0.05, 0.1) is 16.1 Å². The number of hydrogen-bond donors (Lipinski definition) is 1. The molecule has 108 valence electrons. The first kappa shape index (κ1) is 13.7. The molecule has 3 rings (SSSR count). The molecule has 0 atom stereocenters. The van der Waals surface area contributed by atoms with Gasteiger partial charge in [0.15, 0.2) is 0 Å². The summed E-state index contributed by atoms with van der Waals surface area (Å²) in [6, 6.07) is 13.2. The lowest BCUT2D eigenvalue weighted by atomic mass is 10.1. The smallest absolute Gasteiger partial charge is 0.270 e. The molecular formula is C16H11N3O3. The van der Waals surface area contributed by atoms with Gasteiger partial charge >= 0.3 is 0 Å². The molecule has 0 amide bonds. The Labute approximate surface area is 125 Å². The maximum atomic E-state index is 10.8. The molecule has 0 saturated carbocycles. The van der Waals surface area contributed by atoms with Gasteiger partial charge in [-0.2, -0.15) is 0 Å². The summed E-state index contributed by atoms with van der Waals surface area (Å²) in [5, 5.41) is 21.8. The van der Waals surface area contributed by atoms with Crippen molar-refractivity contribution in [3.63, 3.8) is 0 Å². The van der Waals surface area contributed by atoms with Crippen molar-refractivity contribution in [2.24, 2.45) is 0 Å². The van der Waals surface area contributed by atoms with Crippen molar-refractivity contribution >= 4 is 28.4 Å². The number of aliphatic hydroxyl groups is 1. The van der Waals surface area contributed by atoms with Gasteiger partial charge in [0.2, 0.25) is 0 Å². The van der Waals surface area contributed by atoms with Gasteiger partial charge in [-0.3, -0.25) is 10.1 Å². The normalized spacial score (nSPS) is 11.5. The minimum atomic E-state index is -0.503. The molecule has 22 heavy (non-hydrogen) atoms. The largest absolute Gasteiger partial charge is 0.507 e. The molecule has 1 heterocycles. The number of nitro benzene ring substituents is 1. The van der Waals surface area contributed by atoms with E-state index in [1.165, 1.54) is 30.6 Å². The molecule has 0 radical (unpaired) electrons. The van der Waals surface area contributed by atoms with Crippen LogP contribution >= 0.6 is 0 Å². The summed E-state index contributed by atoms with van der Waals surface area (Å²) in [6.07, 6.45) is 2.89. The van der Waals surface area contributed by atoms with Crippen molar-refractivity contribution in [3.05, 3.63) is 76.2 Å². The van der Waals surface area contributed by atoms with Crippen LogP contribution < -0.4 is 0 Å². The molecule has 0 fully saturated rings. The third kappa shape index (κ3) is 2.62. The Morgan fingerprint density at radius 3 is 2.77 bits per heavy atom. The Balaban J connectivity index is 2.07. The zero-order chi connectivity index (χ0) is 15.5. The van der Waals surface area contributed by atoms with E-state index in [1.807, 2.05) is 24.3 Å². The molecule has 2 aromatic carbocycles. The van der Waals surface area contributed by atoms with Crippen LogP contribution in [0.1, 0.15) is 11.3 Å². The third-order valence-electron chi connectivity index (χ3n) is 3.20. The molecule has 0 aliphatic heterocycles. The summed E-state index contributed by atoms with van der Waals surface area (Å²) >= 11 is 0. The number of rotatable bonds is 3. The fraction of sp³-hybridized carbons (Fsp3) is 0. The average molecular weight is 293 g/mol. The summed E-state index contributed by atoms with van der Waals surface area (Å²) < 4.78 is 0. The van der Waals surface area contributed by atoms with Crippen LogP contribution in [0.4, 0.5) is 5.69 Å². The van der Waals surface area contributed by atoms with Crippen molar-refractivity contribution in [2.75, 3.05) is 0 Å². The van der Waals surface area contributed by atoms with E-state index >= 15 is 0 Å². The zero-order valence-corrected chi connectivity index (χ0v) is 11.4. The molecule has 6 heteroatoms. The maximum Gasteiger partial charge on any atom is 0.270 e. The highest BCUT2D eigenvalue weighted by atomic mass is 16.6. The molecule has 1 N–H and O–H groups in total. The van der Waals surface area contributed by atoms with E-state index in [1.54, 1.807) is 6.07 Å². The second-order valence-corrected chi connectivity index (χ2v) is 4.61. The van der Waals surface area contributed by atoms with Gasteiger partial charge in [0.1, 0.15) is 12.1 Å². The quantitative estimate of drug-likeness (QED) is 0.453. The van der Waals surface area contributed by atoms with Crippen LogP contribution in [0.15, 0.2) is 54.9 Å². The average Bonchev–Trinajstić information content (AvgIpc) is 2.55. The standard InChI is InChI=1S/C16H11N3O3/c20-16(11-4-3-5-12(8-11)19(21)22)9-15-13-6-1-2-7-14(13)17-10-18-15/h1-10,20H. The first-order chi connectivity index (χ1) is 10.6. The summed E-state index contributed by atoms with van der Waals surface area (Å²) in [4.78, 5) is 18.6. The van der Waals surface area contributed by atoms with E-state index in [9.17, 15) is 15.2 Å². The fourth-order valence-corrected chi connectivity index (χ4v) is 2.13. The first-order valence-corrected chi connectivity index (χ1v) is 6.50. The van der Waals surface area contributed by atoms with Crippen LogP contribution in [-0.4, -0.2) is 20.0 Å². The monoisotopic (exact) mass is 293 g/mol. The number of para-hydroxylation sites is 1. The van der Waals surface area contributed by atoms with Gasteiger partial charge in [0, 0.05) is 29.2 Å². The van der Waals surface area contributed by atoms with Crippen LogP contribution in [0, 0.1) is 10.1 Å². The lowest BCUT2D eigenvalue weighted by molar-refractivity contribution is -0.384. The second-order valence-electron chi connectivity index (χ2n) is 4.61. The number of nitrogens with zero attached hydrogens (tertiary/aromatic N) is 3. The number of benzene rings is 2. The second kappa shape index (κ2) is 5.61. The molecule has 0 unspecified atom stereocenters.